The molecule has 0 saturated carbocycles. The molecule has 1 atom stereocenters. The monoisotopic (exact) mass is 185 g/mol. The SMILES string of the molecule is C=CC(C)(C)CC(N)C(=O)OCC. The molecule has 3 nitrogen and oxygen atoms in total. The largest absolute Gasteiger partial charge is 0.465 e. The quantitative estimate of drug-likeness (QED) is 0.521. The third-order valence-corrected chi connectivity index (χ3v) is 1.89. The van der Waals surface area contributed by atoms with Crippen LogP contribution in [0.25, 0.3) is 0 Å². The van der Waals surface area contributed by atoms with Gasteiger partial charge >= 0.3 is 5.97 Å². The summed E-state index contributed by atoms with van der Waals surface area (Å²) in [5.41, 5.74) is 5.52. The van der Waals surface area contributed by atoms with Crippen molar-refractivity contribution < 1.29 is 9.53 Å². The van der Waals surface area contributed by atoms with Crippen molar-refractivity contribution in [3.05, 3.63) is 12.7 Å². The van der Waals surface area contributed by atoms with Crippen LogP contribution < -0.4 is 5.73 Å². The van der Waals surface area contributed by atoms with Gasteiger partial charge in [-0.25, -0.2) is 0 Å². The van der Waals surface area contributed by atoms with Gasteiger partial charge in [0.2, 0.25) is 0 Å². The fourth-order valence-electron chi connectivity index (χ4n) is 0.983. The molecule has 0 rings (SSSR count). The van der Waals surface area contributed by atoms with Gasteiger partial charge in [0, 0.05) is 0 Å². The summed E-state index contributed by atoms with van der Waals surface area (Å²) in [5, 5.41) is 0. The molecule has 0 amide bonds. The highest BCUT2D eigenvalue weighted by atomic mass is 16.5. The molecule has 0 heterocycles. The highest BCUT2D eigenvalue weighted by Gasteiger charge is 2.23. The third-order valence-electron chi connectivity index (χ3n) is 1.89. The second kappa shape index (κ2) is 5.02. The van der Waals surface area contributed by atoms with Crippen LogP contribution in [0, 0.1) is 5.41 Å². The van der Waals surface area contributed by atoms with Crippen LogP contribution in [-0.2, 0) is 9.53 Å². The number of carbonyl (C=O) groups is 1. The number of carbonyl (C=O) groups excluding carboxylic acids is 1. The van der Waals surface area contributed by atoms with Crippen LogP contribution in [0.15, 0.2) is 12.7 Å². The van der Waals surface area contributed by atoms with Crippen LogP contribution in [0.3, 0.4) is 0 Å². The van der Waals surface area contributed by atoms with Gasteiger partial charge in [-0.15, -0.1) is 6.58 Å². The molecule has 76 valence electrons. The number of allylic oxidation sites excluding steroid dienone is 1. The van der Waals surface area contributed by atoms with Gasteiger partial charge < -0.3 is 10.5 Å². The Labute approximate surface area is 79.9 Å². The highest BCUT2D eigenvalue weighted by molar-refractivity contribution is 5.75. The van der Waals surface area contributed by atoms with Crippen LogP contribution in [-0.4, -0.2) is 18.6 Å². The molecule has 0 aromatic carbocycles. The van der Waals surface area contributed by atoms with Crippen LogP contribution in [0.2, 0.25) is 0 Å². The fourth-order valence-corrected chi connectivity index (χ4v) is 0.983. The molecule has 0 aromatic heterocycles. The number of rotatable bonds is 5. The van der Waals surface area contributed by atoms with E-state index in [0.29, 0.717) is 13.0 Å². The second-order valence-electron chi connectivity index (χ2n) is 3.76. The Kier molecular flexibility index (Phi) is 4.70. The van der Waals surface area contributed by atoms with Crippen molar-refractivity contribution in [2.75, 3.05) is 6.61 Å². The first kappa shape index (κ1) is 12.2. The zero-order chi connectivity index (χ0) is 10.5. The lowest BCUT2D eigenvalue weighted by Crippen LogP contribution is -2.36. The predicted molar refractivity (Wildman–Crippen MR) is 53.2 cm³/mol. The molecule has 13 heavy (non-hydrogen) atoms. The maximum atomic E-state index is 11.2. The molecule has 0 fully saturated rings. The van der Waals surface area contributed by atoms with E-state index in [4.69, 9.17) is 10.5 Å². The lowest BCUT2D eigenvalue weighted by molar-refractivity contribution is -0.145. The number of hydrogen-bond donors (Lipinski definition) is 1. The van der Waals surface area contributed by atoms with Crippen molar-refractivity contribution in [1.29, 1.82) is 0 Å². The average molecular weight is 185 g/mol. The smallest absolute Gasteiger partial charge is 0.322 e. The Bertz CT molecular complexity index is 187. The molecule has 3 heteroatoms. The summed E-state index contributed by atoms with van der Waals surface area (Å²) in [6, 6.07) is -0.548. The average Bonchev–Trinajstić information content (AvgIpc) is 2.04. The number of nitrogens with two attached hydrogens (primary N) is 1. The van der Waals surface area contributed by atoms with Gasteiger partial charge in [-0.2, -0.15) is 0 Å². The van der Waals surface area contributed by atoms with Crippen LogP contribution in [0.4, 0.5) is 0 Å². The molecule has 0 saturated heterocycles. The van der Waals surface area contributed by atoms with E-state index >= 15 is 0 Å². The van der Waals surface area contributed by atoms with Gasteiger partial charge in [0.1, 0.15) is 6.04 Å². The second-order valence-corrected chi connectivity index (χ2v) is 3.76. The predicted octanol–water partition coefficient (Wildman–Crippen LogP) is 1.48. The van der Waals surface area contributed by atoms with Crippen molar-refractivity contribution in [1.82, 2.24) is 0 Å². The molecule has 0 aliphatic rings. The molecule has 0 spiro atoms. The zero-order valence-corrected chi connectivity index (χ0v) is 8.67. The van der Waals surface area contributed by atoms with Gasteiger partial charge in [0.05, 0.1) is 6.61 Å². The number of esters is 1. The highest BCUT2D eigenvalue weighted by Crippen LogP contribution is 2.22. The topological polar surface area (TPSA) is 52.3 Å². The Morgan fingerprint density at radius 1 is 1.69 bits per heavy atom. The fraction of sp³-hybridized carbons (Fsp3) is 0.700. The van der Waals surface area contributed by atoms with E-state index in [0.717, 1.165) is 0 Å². The summed E-state index contributed by atoms with van der Waals surface area (Å²) in [6.45, 7) is 9.80. The number of ether oxygens (including phenoxy) is 1. The van der Waals surface area contributed by atoms with E-state index in [-0.39, 0.29) is 11.4 Å². The van der Waals surface area contributed by atoms with Crippen LogP contribution in [0.5, 0.6) is 0 Å². The molecule has 0 bridgehead atoms. The Morgan fingerprint density at radius 3 is 2.62 bits per heavy atom. The van der Waals surface area contributed by atoms with Crippen molar-refractivity contribution in [2.45, 2.75) is 33.2 Å². The first-order valence-corrected chi connectivity index (χ1v) is 4.48. The summed E-state index contributed by atoms with van der Waals surface area (Å²) >= 11 is 0. The minimum absolute atomic E-state index is 0.119. The van der Waals surface area contributed by atoms with Crippen molar-refractivity contribution in [3.8, 4) is 0 Å². The lowest BCUT2D eigenvalue weighted by atomic mass is 9.86. The molecule has 0 aromatic rings. The summed E-state index contributed by atoms with van der Waals surface area (Å²) in [4.78, 5) is 11.2. The Balaban J connectivity index is 4.06. The van der Waals surface area contributed by atoms with E-state index in [1.807, 2.05) is 13.8 Å². The van der Waals surface area contributed by atoms with Crippen molar-refractivity contribution >= 4 is 5.97 Å². The van der Waals surface area contributed by atoms with Gasteiger partial charge in [0.25, 0.3) is 0 Å². The molecular formula is C10H19NO2. The standard InChI is InChI=1S/C10H19NO2/c1-5-10(3,4)7-8(11)9(12)13-6-2/h5,8H,1,6-7,11H2,2-4H3. The molecule has 1 unspecified atom stereocenters. The summed E-state index contributed by atoms with van der Waals surface area (Å²) < 4.78 is 4.80. The molecule has 2 N–H and O–H groups in total. The van der Waals surface area contributed by atoms with E-state index in [1.165, 1.54) is 0 Å². The lowest BCUT2D eigenvalue weighted by Gasteiger charge is -2.22. The minimum Gasteiger partial charge on any atom is -0.465 e. The molecule has 0 aliphatic heterocycles. The molecule has 0 radical (unpaired) electrons. The van der Waals surface area contributed by atoms with Gasteiger partial charge in [-0.3, -0.25) is 4.79 Å². The number of hydrogen-bond acceptors (Lipinski definition) is 3. The van der Waals surface area contributed by atoms with E-state index in [9.17, 15) is 4.79 Å². The Hall–Kier alpha value is -0.830. The van der Waals surface area contributed by atoms with Crippen molar-refractivity contribution in [2.24, 2.45) is 11.1 Å². The summed E-state index contributed by atoms with van der Waals surface area (Å²) in [5.74, 6) is -0.336. The first-order valence-electron chi connectivity index (χ1n) is 4.48. The van der Waals surface area contributed by atoms with Crippen LogP contribution >= 0.6 is 0 Å². The Morgan fingerprint density at radius 2 is 2.23 bits per heavy atom. The summed E-state index contributed by atoms with van der Waals surface area (Å²) in [7, 11) is 0. The first-order chi connectivity index (χ1) is 5.93. The maximum absolute atomic E-state index is 11.2. The minimum atomic E-state index is -0.548. The molecule has 0 aliphatic carbocycles. The van der Waals surface area contributed by atoms with E-state index in [1.54, 1.807) is 13.0 Å². The van der Waals surface area contributed by atoms with Gasteiger partial charge in [-0.1, -0.05) is 19.9 Å². The third kappa shape index (κ3) is 4.68. The normalized spacial score (nSPS) is 13.5. The zero-order valence-electron chi connectivity index (χ0n) is 8.67. The maximum Gasteiger partial charge on any atom is 0.322 e. The van der Waals surface area contributed by atoms with E-state index < -0.39 is 6.04 Å². The van der Waals surface area contributed by atoms with E-state index in [2.05, 4.69) is 6.58 Å². The summed E-state index contributed by atoms with van der Waals surface area (Å²) in [6.07, 6.45) is 2.36. The molecular weight excluding hydrogens is 166 g/mol. The van der Waals surface area contributed by atoms with Gasteiger partial charge in [-0.05, 0) is 18.8 Å². The van der Waals surface area contributed by atoms with Gasteiger partial charge in [0.15, 0.2) is 0 Å². The van der Waals surface area contributed by atoms with Crippen LogP contribution in [0.1, 0.15) is 27.2 Å². The van der Waals surface area contributed by atoms with Crippen molar-refractivity contribution in [3.63, 3.8) is 0 Å².